The highest BCUT2D eigenvalue weighted by molar-refractivity contribution is 7.22. The number of hydrogen-bond donors (Lipinski definition) is 0. The van der Waals surface area contributed by atoms with Gasteiger partial charge >= 0.3 is 0 Å². The Morgan fingerprint density at radius 1 is 1.00 bits per heavy atom. The lowest BCUT2D eigenvalue weighted by Crippen LogP contribution is -2.26. The molecule has 1 aromatic heterocycles. The maximum atomic E-state index is 13.4. The van der Waals surface area contributed by atoms with E-state index in [9.17, 15) is 9.18 Å². The summed E-state index contributed by atoms with van der Waals surface area (Å²) in [6.07, 6.45) is 0. The molecule has 134 valence electrons. The summed E-state index contributed by atoms with van der Waals surface area (Å²) in [6.45, 7) is 0. The molecule has 0 fully saturated rings. The summed E-state index contributed by atoms with van der Waals surface area (Å²) in [7, 11) is 1.52. The number of thiazole rings is 1. The fourth-order valence-corrected chi connectivity index (χ4v) is 3.79. The number of amides is 1. The second kappa shape index (κ2) is 7.17. The molecule has 0 saturated carbocycles. The summed E-state index contributed by atoms with van der Waals surface area (Å²) in [6, 6.07) is 20.5. The highest BCUT2D eigenvalue weighted by Crippen LogP contribution is 2.35. The Balaban J connectivity index is 1.87. The fraction of sp³-hybridized carbons (Fsp3) is 0.0476. The number of halogens is 1. The van der Waals surface area contributed by atoms with Crippen LogP contribution < -0.4 is 9.64 Å². The van der Waals surface area contributed by atoms with Crippen LogP contribution in [0.3, 0.4) is 0 Å². The number of rotatable bonds is 4. The lowest BCUT2D eigenvalue weighted by atomic mass is 10.1. The first-order valence-corrected chi connectivity index (χ1v) is 9.07. The average Bonchev–Trinajstić information content (AvgIpc) is 3.13. The van der Waals surface area contributed by atoms with Gasteiger partial charge < -0.3 is 4.74 Å². The Hall–Kier alpha value is -3.25. The van der Waals surface area contributed by atoms with Crippen LogP contribution in [0.2, 0.25) is 0 Å². The molecule has 4 aromatic rings. The summed E-state index contributed by atoms with van der Waals surface area (Å²) >= 11 is 1.40. The van der Waals surface area contributed by atoms with Gasteiger partial charge in [-0.05, 0) is 48.5 Å². The molecule has 0 aliphatic carbocycles. The van der Waals surface area contributed by atoms with Gasteiger partial charge in [0.05, 0.1) is 28.6 Å². The van der Waals surface area contributed by atoms with Crippen molar-refractivity contribution in [3.05, 3.63) is 84.2 Å². The molecule has 0 bridgehead atoms. The van der Waals surface area contributed by atoms with Crippen molar-refractivity contribution in [2.24, 2.45) is 0 Å². The van der Waals surface area contributed by atoms with Crippen LogP contribution in [0.5, 0.6) is 5.75 Å². The Morgan fingerprint density at radius 2 is 1.70 bits per heavy atom. The maximum Gasteiger partial charge on any atom is 0.268 e. The molecule has 0 radical (unpaired) electrons. The largest absolute Gasteiger partial charge is 0.496 e. The topological polar surface area (TPSA) is 42.4 Å². The molecule has 0 aliphatic rings. The standard InChI is InChI=1S/C21H15FN2O2S/c1-26-18-8-4-2-6-16(18)20(25)24(15-12-10-14(22)11-13-15)21-23-17-7-3-5-9-19(17)27-21/h2-13H,1H3. The monoisotopic (exact) mass is 378 g/mol. The number of para-hydroxylation sites is 2. The van der Waals surface area contributed by atoms with E-state index in [4.69, 9.17) is 4.74 Å². The molecular formula is C21H15FN2O2S. The Bertz CT molecular complexity index is 1080. The van der Waals surface area contributed by atoms with Crippen molar-refractivity contribution in [3.8, 4) is 5.75 Å². The molecule has 1 heterocycles. The van der Waals surface area contributed by atoms with Crippen molar-refractivity contribution in [2.75, 3.05) is 12.0 Å². The minimum absolute atomic E-state index is 0.293. The zero-order valence-electron chi connectivity index (χ0n) is 14.4. The zero-order chi connectivity index (χ0) is 18.8. The molecular weight excluding hydrogens is 363 g/mol. The van der Waals surface area contributed by atoms with Crippen molar-refractivity contribution in [2.45, 2.75) is 0 Å². The minimum atomic E-state index is -0.368. The zero-order valence-corrected chi connectivity index (χ0v) is 15.2. The summed E-state index contributed by atoms with van der Waals surface area (Å²) in [5.41, 5.74) is 1.74. The third-order valence-electron chi connectivity index (χ3n) is 4.10. The van der Waals surface area contributed by atoms with Gasteiger partial charge in [0.1, 0.15) is 11.6 Å². The lowest BCUT2D eigenvalue weighted by Gasteiger charge is -2.21. The third kappa shape index (κ3) is 3.27. The number of benzene rings is 3. The van der Waals surface area contributed by atoms with Crippen LogP contribution in [0.1, 0.15) is 10.4 Å². The lowest BCUT2D eigenvalue weighted by molar-refractivity contribution is 0.0996. The first kappa shape index (κ1) is 17.2. The number of carbonyl (C=O) groups is 1. The molecule has 6 heteroatoms. The Kier molecular flexibility index (Phi) is 4.56. The van der Waals surface area contributed by atoms with Crippen molar-refractivity contribution >= 4 is 38.3 Å². The van der Waals surface area contributed by atoms with Crippen molar-refractivity contribution in [3.63, 3.8) is 0 Å². The van der Waals surface area contributed by atoms with Gasteiger partial charge in [-0.25, -0.2) is 9.37 Å². The average molecular weight is 378 g/mol. The van der Waals surface area contributed by atoms with Gasteiger partial charge in [-0.15, -0.1) is 0 Å². The van der Waals surface area contributed by atoms with Crippen LogP contribution in [0, 0.1) is 5.82 Å². The highest BCUT2D eigenvalue weighted by Gasteiger charge is 2.25. The summed E-state index contributed by atoms with van der Waals surface area (Å²) in [5, 5.41) is 0.513. The SMILES string of the molecule is COc1ccccc1C(=O)N(c1ccc(F)cc1)c1nc2ccccc2s1. The molecule has 0 aliphatic heterocycles. The van der Waals surface area contributed by atoms with E-state index < -0.39 is 0 Å². The van der Waals surface area contributed by atoms with Gasteiger partial charge in [-0.1, -0.05) is 35.6 Å². The number of hydrogen-bond acceptors (Lipinski definition) is 4. The van der Waals surface area contributed by atoms with Gasteiger partial charge in [-0.2, -0.15) is 0 Å². The van der Waals surface area contributed by atoms with E-state index in [2.05, 4.69) is 4.98 Å². The fourth-order valence-electron chi connectivity index (χ4n) is 2.80. The number of aromatic nitrogens is 1. The summed E-state index contributed by atoms with van der Waals surface area (Å²) in [4.78, 5) is 19.5. The number of methoxy groups -OCH3 is 1. The number of anilines is 2. The summed E-state index contributed by atoms with van der Waals surface area (Å²) < 4.78 is 19.7. The maximum absolute atomic E-state index is 13.4. The normalized spacial score (nSPS) is 10.7. The second-order valence-corrected chi connectivity index (χ2v) is 6.79. The molecule has 0 N–H and O–H groups in total. The van der Waals surface area contributed by atoms with E-state index in [1.807, 2.05) is 24.3 Å². The highest BCUT2D eigenvalue weighted by atomic mass is 32.1. The predicted molar refractivity (Wildman–Crippen MR) is 105 cm³/mol. The first-order chi connectivity index (χ1) is 13.2. The molecule has 27 heavy (non-hydrogen) atoms. The van der Waals surface area contributed by atoms with E-state index in [0.717, 1.165) is 10.2 Å². The van der Waals surface area contributed by atoms with Crippen LogP contribution in [0.4, 0.5) is 15.2 Å². The third-order valence-corrected chi connectivity index (χ3v) is 5.12. The van der Waals surface area contributed by atoms with Gasteiger partial charge in [0.15, 0.2) is 5.13 Å². The van der Waals surface area contributed by atoms with Gasteiger partial charge in [-0.3, -0.25) is 9.69 Å². The molecule has 0 atom stereocenters. The molecule has 0 spiro atoms. The van der Waals surface area contributed by atoms with Gasteiger partial charge in [0, 0.05) is 0 Å². The molecule has 1 amide bonds. The smallest absolute Gasteiger partial charge is 0.268 e. The van der Waals surface area contributed by atoms with Crippen LogP contribution in [0.25, 0.3) is 10.2 Å². The molecule has 0 unspecified atom stereocenters. The van der Waals surface area contributed by atoms with E-state index >= 15 is 0 Å². The van der Waals surface area contributed by atoms with Crippen molar-refractivity contribution in [1.29, 1.82) is 0 Å². The first-order valence-electron chi connectivity index (χ1n) is 8.26. The molecule has 0 saturated heterocycles. The van der Waals surface area contributed by atoms with Gasteiger partial charge in [0.25, 0.3) is 5.91 Å². The predicted octanol–water partition coefficient (Wildman–Crippen LogP) is 5.42. The minimum Gasteiger partial charge on any atom is -0.496 e. The summed E-state index contributed by atoms with van der Waals surface area (Å²) in [5.74, 6) is -0.193. The van der Waals surface area contributed by atoms with Crippen LogP contribution >= 0.6 is 11.3 Å². The van der Waals surface area contributed by atoms with Crippen molar-refractivity contribution < 1.29 is 13.9 Å². The Morgan fingerprint density at radius 3 is 2.44 bits per heavy atom. The second-order valence-electron chi connectivity index (χ2n) is 5.78. The van der Waals surface area contributed by atoms with E-state index in [1.54, 1.807) is 36.4 Å². The van der Waals surface area contributed by atoms with Crippen LogP contribution in [-0.2, 0) is 0 Å². The van der Waals surface area contributed by atoms with Crippen LogP contribution in [-0.4, -0.2) is 18.0 Å². The molecule has 3 aromatic carbocycles. The Labute approximate surface area is 159 Å². The quantitative estimate of drug-likeness (QED) is 0.476. The van der Waals surface area contributed by atoms with Gasteiger partial charge in [0.2, 0.25) is 0 Å². The van der Waals surface area contributed by atoms with E-state index in [1.165, 1.54) is 35.5 Å². The van der Waals surface area contributed by atoms with E-state index in [0.29, 0.717) is 22.1 Å². The van der Waals surface area contributed by atoms with Crippen molar-refractivity contribution in [1.82, 2.24) is 4.98 Å². The molecule has 4 nitrogen and oxygen atoms in total. The number of ether oxygens (including phenoxy) is 1. The van der Waals surface area contributed by atoms with E-state index in [-0.39, 0.29) is 11.7 Å². The number of carbonyl (C=O) groups excluding carboxylic acids is 1. The number of fused-ring (bicyclic) bond motifs is 1. The van der Waals surface area contributed by atoms with Crippen LogP contribution in [0.15, 0.2) is 72.8 Å². The number of nitrogens with zero attached hydrogens (tertiary/aromatic N) is 2. The molecule has 4 rings (SSSR count).